The van der Waals surface area contributed by atoms with Crippen molar-refractivity contribution in [3.63, 3.8) is 0 Å². The van der Waals surface area contributed by atoms with Crippen LogP contribution in [0.15, 0.2) is 182 Å². The zero-order valence-electron chi connectivity index (χ0n) is 30.4. The maximum absolute atomic E-state index is 5.29. The van der Waals surface area contributed by atoms with Crippen LogP contribution in [0.25, 0.3) is 113 Å². The van der Waals surface area contributed by atoms with Crippen LogP contribution in [0.1, 0.15) is 0 Å². The summed E-state index contributed by atoms with van der Waals surface area (Å²) in [5.74, 6) is 1.96. The van der Waals surface area contributed by atoms with Gasteiger partial charge >= 0.3 is 0 Å². The van der Waals surface area contributed by atoms with Gasteiger partial charge in [0.2, 0.25) is 0 Å². The Bertz CT molecular complexity index is 3450. The second-order valence-electron chi connectivity index (χ2n) is 14.3. The van der Waals surface area contributed by atoms with Crippen LogP contribution in [-0.4, -0.2) is 19.5 Å². The normalized spacial score (nSPS) is 11.9. The Kier molecular flexibility index (Phi) is 7.24. The van der Waals surface area contributed by atoms with Crippen LogP contribution < -0.4 is 0 Å². The van der Waals surface area contributed by atoms with Gasteiger partial charge in [0.05, 0.1) is 11.0 Å². The Labute approximate surface area is 335 Å². The van der Waals surface area contributed by atoms with Crippen molar-refractivity contribution < 1.29 is 0 Å². The highest BCUT2D eigenvalue weighted by Gasteiger charge is 2.23. The summed E-state index contributed by atoms with van der Waals surface area (Å²) in [5.41, 5.74) is 8.68. The van der Waals surface area contributed by atoms with Crippen molar-refractivity contribution in [3.8, 4) is 51.0 Å². The van der Waals surface area contributed by atoms with Gasteiger partial charge < -0.3 is 4.57 Å². The molecule has 0 radical (unpaired) electrons. The Morgan fingerprint density at radius 3 is 1.72 bits per heavy atom. The molecule has 12 rings (SSSR count). The second kappa shape index (κ2) is 12.8. The molecule has 0 aliphatic heterocycles. The fourth-order valence-electron chi connectivity index (χ4n) is 8.51. The molecule has 0 aliphatic carbocycles. The molecule has 0 aliphatic rings. The molecule has 0 atom stereocenters. The lowest BCUT2D eigenvalue weighted by molar-refractivity contribution is 1.08. The highest BCUT2D eigenvalue weighted by atomic mass is 32.1. The van der Waals surface area contributed by atoms with Crippen molar-refractivity contribution in [2.75, 3.05) is 0 Å². The molecule has 0 N–H and O–H groups in total. The van der Waals surface area contributed by atoms with Crippen molar-refractivity contribution in [3.05, 3.63) is 182 Å². The number of aromatic nitrogens is 4. The summed E-state index contributed by atoms with van der Waals surface area (Å²) in [4.78, 5) is 15.6. The van der Waals surface area contributed by atoms with E-state index < -0.39 is 0 Å². The Balaban J connectivity index is 1.21. The summed E-state index contributed by atoms with van der Waals surface area (Å²) in [5, 5.41) is 7.53. The molecule has 6 heteroatoms. The van der Waals surface area contributed by atoms with Crippen molar-refractivity contribution in [1.29, 1.82) is 0 Å². The van der Waals surface area contributed by atoms with E-state index in [9.17, 15) is 0 Å². The summed E-state index contributed by atoms with van der Waals surface area (Å²) in [6.45, 7) is 0. The van der Waals surface area contributed by atoms with E-state index >= 15 is 0 Å². The van der Waals surface area contributed by atoms with Crippen LogP contribution in [0.5, 0.6) is 0 Å². The van der Waals surface area contributed by atoms with E-state index in [1.165, 1.54) is 67.7 Å². The predicted molar refractivity (Wildman–Crippen MR) is 242 cm³/mol. The van der Waals surface area contributed by atoms with Gasteiger partial charge in [0.25, 0.3) is 0 Å². The van der Waals surface area contributed by atoms with Gasteiger partial charge in [-0.3, -0.25) is 0 Å². The minimum Gasteiger partial charge on any atom is -0.309 e. The van der Waals surface area contributed by atoms with E-state index in [0.29, 0.717) is 17.5 Å². The van der Waals surface area contributed by atoms with Gasteiger partial charge in [-0.2, -0.15) is 0 Å². The molecular weight excluding hydrogens is 733 g/mol. The van der Waals surface area contributed by atoms with Crippen LogP contribution in [0.4, 0.5) is 0 Å². The van der Waals surface area contributed by atoms with E-state index in [1.807, 2.05) is 59.1 Å². The molecule has 4 heterocycles. The molecule has 0 fully saturated rings. The smallest absolute Gasteiger partial charge is 0.165 e. The van der Waals surface area contributed by atoms with Crippen molar-refractivity contribution in [2.24, 2.45) is 0 Å². The SMILES string of the molecule is c1ccc(-c2nc(-c3ccccc3)nc(-c3cc(-c4cccc5c4c4ccccc4n5-c4ccccc4)cc4c3sc3ccc5c6ccccc6sc5c34)n2)cc1. The molecule has 0 saturated heterocycles. The Morgan fingerprint density at radius 2 is 0.965 bits per heavy atom. The lowest BCUT2D eigenvalue weighted by Crippen LogP contribution is -2.00. The highest BCUT2D eigenvalue weighted by Crippen LogP contribution is 2.49. The summed E-state index contributed by atoms with van der Waals surface area (Å²) >= 11 is 3.71. The topological polar surface area (TPSA) is 43.6 Å². The van der Waals surface area contributed by atoms with Gasteiger partial charge in [-0.15, -0.1) is 22.7 Å². The molecule has 4 nitrogen and oxygen atoms in total. The molecule has 12 aromatic rings. The number of nitrogens with zero attached hydrogens (tertiary/aromatic N) is 4. The lowest BCUT2D eigenvalue weighted by Gasteiger charge is -2.12. The van der Waals surface area contributed by atoms with Gasteiger partial charge in [0.15, 0.2) is 17.5 Å². The zero-order valence-corrected chi connectivity index (χ0v) is 32.1. The Hall–Kier alpha value is -6.99. The molecule has 0 spiro atoms. The first kappa shape index (κ1) is 32.3. The van der Waals surface area contributed by atoms with Crippen molar-refractivity contribution >= 4 is 84.8 Å². The molecule has 266 valence electrons. The third-order valence-electron chi connectivity index (χ3n) is 11.0. The Morgan fingerprint density at radius 1 is 0.351 bits per heavy atom. The first-order valence-corrected chi connectivity index (χ1v) is 20.7. The molecule has 57 heavy (non-hydrogen) atoms. The number of para-hydroxylation sites is 2. The van der Waals surface area contributed by atoms with Crippen molar-refractivity contribution in [1.82, 2.24) is 19.5 Å². The molecule has 0 unspecified atom stereocenters. The molecular formula is C51H30N4S2. The van der Waals surface area contributed by atoms with Gasteiger partial charge in [0.1, 0.15) is 0 Å². The summed E-state index contributed by atoms with van der Waals surface area (Å²) in [7, 11) is 0. The van der Waals surface area contributed by atoms with E-state index in [-0.39, 0.29) is 0 Å². The molecule has 0 bridgehead atoms. The average molecular weight is 763 g/mol. The van der Waals surface area contributed by atoms with Crippen molar-refractivity contribution in [2.45, 2.75) is 0 Å². The fourth-order valence-corrected chi connectivity index (χ4v) is 11.0. The summed E-state index contributed by atoms with van der Waals surface area (Å²) in [6.07, 6.45) is 0. The largest absolute Gasteiger partial charge is 0.309 e. The fraction of sp³-hybridized carbons (Fsp3) is 0. The number of fused-ring (bicyclic) bond motifs is 10. The average Bonchev–Trinajstić information content (AvgIpc) is 3.96. The second-order valence-corrected chi connectivity index (χ2v) is 16.4. The zero-order chi connectivity index (χ0) is 37.5. The number of hydrogen-bond donors (Lipinski definition) is 0. The number of benzene rings is 8. The van der Waals surface area contributed by atoms with Gasteiger partial charge in [-0.1, -0.05) is 133 Å². The number of hydrogen-bond acceptors (Lipinski definition) is 5. The maximum atomic E-state index is 5.29. The van der Waals surface area contributed by atoms with E-state index in [2.05, 4.69) is 150 Å². The van der Waals surface area contributed by atoms with Crippen LogP contribution >= 0.6 is 22.7 Å². The standard InChI is InChI=1S/C51H30N4S2/c1-4-15-31(16-5-1)49-52-50(32-17-6-2-7-18-32)54-51(53-49)40-30-33(29-39-46-44(57-47(39)40)28-27-37-36-21-11-13-26-43(36)56-48(37)46)35-23-14-25-42-45(35)38-22-10-12-24-41(38)55(42)34-19-8-3-9-20-34/h1-30H. The van der Waals surface area contributed by atoms with E-state index in [1.54, 1.807) is 0 Å². The van der Waals surface area contributed by atoms with Crippen LogP contribution in [0.2, 0.25) is 0 Å². The summed E-state index contributed by atoms with van der Waals surface area (Å²) < 4.78 is 7.42. The first-order chi connectivity index (χ1) is 28.3. The van der Waals surface area contributed by atoms with E-state index in [4.69, 9.17) is 15.0 Å². The van der Waals surface area contributed by atoms with E-state index in [0.717, 1.165) is 27.9 Å². The highest BCUT2D eigenvalue weighted by molar-refractivity contribution is 7.30. The molecule has 0 saturated carbocycles. The predicted octanol–water partition coefficient (Wildman–Crippen LogP) is 14.4. The molecule has 8 aromatic carbocycles. The quantitative estimate of drug-likeness (QED) is 0.175. The van der Waals surface area contributed by atoms with Gasteiger partial charge in [-0.25, -0.2) is 15.0 Å². The minimum absolute atomic E-state index is 0.652. The first-order valence-electron chi connectivity index (χ1n) is 19.0. The van der Waals surface area contributed by atoms with Gasteiger partial charge in [-0.05, 0) is 59.7 Å². The monoisotopic (exact) mass is 762 g/mol. The lowest BCUT2D eigenvalue weighted by atomic mass is 9.95. The minimum atomic E-state index is 0.652. The van der Waals surface area contributed by atoms with Gasteiger partial charge in [0, 0.05) is 73.5 Å². The maximum Gasteiger partial charge on any atom is 0.165 e. The number of rotatable bonds is 5. The van der Waals surface area contributed by atoms with Crippen LogP contribution in [0, 0.1) is 0 Å². The third kappa shape index (κ3) is 5.08. The summed E-state index contributed by atoms with van der Waals surface area (Å²) in [6, 6.07) is 64.7. The number of thiophene rings is 2. The third-order valence-corrected chi connectivity index (χ3v) is 13.5. The van der Waals surface area contributed by atoms with Crippen LogP contribution in [0.3, 0.4) is 0 Å². The van der Waals surface area contributed by atoms with Crippen LogP contribution in [-0.2, 0) is 0 Å². The molecule has 0 amide bonds. The molecule has 4 aromatic heterocycles.